The molecule has 2 atom stereocenters. The topological polar surface area (TPSA) is 34.5 Å². The predicted octanol–water partition coefficient (Wildman–Crippen LogP) is 4.84. The second-order valence-corrected chi connectivity index (χ2v) is 8.22. The van der Waals surface area contributed by atoms with Crippen LogP contribution in [0.4, 0.5) is 4.39 Å². The molecular weight excluding hydrogens is 391 g/mol. The van der Waals surface area contributed by atoms with Gasteiger partial charge in [0.25, 0.3) is 0 Å². The molecule has 1 heterocycles. The van der Waals surface area contributed by atoms with Gasteiger partial charge >= 0.3 is 0 Å². The Morgan fingerprint density at radius 1 is 1.10 bits per heavy atom. The Balaban J connectivity index is 1.45. The van der Waals surface area contributed by atoms with E-state index in [-0.39, 0.29) is 17.6 Å². The largest absolute Gasteiger partial charge is 0.385 e. The van der Waals surface area contributed by atoms with E-state index < -0.39 is 0 Å². The maximum absolute atomic E-state index is 13.4. The van der Waals surface area contributed by atoms with E-state index in [2.05, 4.69) is 22.8 Å². The van der Waals surface area contributed by atoms with Gasteiger partial charge in [0.1, 0.15) is 5.82 Å². The summed E-state index contributed by atoms with van der Waals surface area (Å²) in [5, 5.41) is 0. The second kappa shape index (κ2) is 9.92. The van der Waals surface area contributed by atoms with Gasteiger partial charge in [-0.2, -0.15) is 0 Å². The first-order valence-electron chi connectivity index (χ1n) is 10.9. The number of carbonyl (C=O) groups is 1. The number of ether oxygens (including phenoxy) is 1. The normalized spacial score (nSPS) is 17.5. The Morgan fingerprint density at radius 2 is 1.87 bits per heavy atom. The average Bonchev–Trinajstić information content (AvgIpc) is 3.48. The van der Waals surface area contributed by atoms with E-state index in [0.29, 0.717) is 32.2 Å². The number of hydrogen-bond acceptors (Lipinski definition) is 2. The number of benzene rings is 2. The van der Waals surface area contributed by atoms with Gasteiger partial charge in [-0.05, 0) is 54.2 Å². The van der Waals surface area contributed by atoms with Crippen LogP contribution in [0.2, 0.25) is 0 Å². The Kier molecular flexibility index (Phi) is 6.82. The maximum atomic E-state index is 13.4. The molecule has 0 spiro atoms. The molecule has 0 N–H and O–H groups in total. The van der Waals surface area contributed by atoms with Gasteiger partial charge in [-0.1, -0.05) is 42.5 Å². The first-order chi connectivity index (χ1) is 15.2. The van der Waals surface area contributed by atoms with Gasteiger partial charge in [-0.15, -0.1) is 0 Å². The van der Waals surface area contributed by atoms with Crippen LogP contribution in [0.1, 0.15) is 35.6 Å². The standard InChI is InChI=1S/C26H29FN2O2/c1-31-16-6-15-29(26(30)25-17-24(25)21-7-3-2-4-8-21)19-23-9-5-14-28(23)18-20-10-12-22(27)13-11-20/h2-5,7-14,24-25H,6,15-19H2,1H3. The number of halogens is 1. The molecule has 1 aliphatic carbocycles. The number of rotatable bonds is 10. The highest BCUT2D eigenvalue weighted by molar-refractivity contribution is 5.83. The summed E-state index contributed by atoms with van der Waals surface area (Å²) in [6, 6.07) is 20.9. The fraction of sp³-hybridized carbons (Fsp3) is 0.346. The van der Waals surface area contributed by atoms with Crippen molar-refractivity contribution in [2.24, 2.45) is 5.92 Å². The van der Waals surface area contributed by atoms with Crippen LogP contribution in [-0.4, -0.2) is 35.6 Å². The lowest BCUT2D eigenvalue weighted by Crippen LogP contribution is -2.34. The van der Waals surface area contributed by atoms with E-state index in [0.717, 1.165) is 24.1 Å². The Hall–Kier alpha value is -2.92. The van der Waals surface area contributed by atoms with Crippen LogP contribution >= 0.6 is 0 Å². The maximum Gasteiger partial charge on any atom is 0.226 e. The third-order valence-electron chi connectivity index (χ3n) is 5.97. The van der Waals surface area contributed by atoms with Crippen molar-refractivity contribution < 1.29 is 13.9 Å². The fourth-order valence-electron chi connectivity index (χ4n) is 4.17. The molecule has 2 unspecified atom stereocenters. The number of hydrogen-bond donors (Lipinski definition) is 0. The number of methoxy groups -OCH3 is 1. The molecule has 1 aromatic heterocycles. The van der Waals surface area contributed by atoms with Crippen molar-refractivity contribution >= 4 is 5.91 Å². The van der Waals surface area contributed by atoms with Crippen molar-refractivity contribution in [3.05, 3.63) is 95.6 Å². The first-order valence-corrected chi connectivity index (χ1v) is 10.9. The third-order valence-corrected chi connectivity index (χ3v) is 5.97. The number of carbonyl (C=O) groups excluding carboxylic acids is 1. The number of aromatic nitrogens is 1. The van der Waals surface area contributed by atoms with Crippen LogP contribution in [0.25, 0.3) is 0 Å². The average molecular weight is 421 g/mol. The molecule has 162 valence electrons. The number of nitrogens with zero attached hydrogens (tertiary/aromatic N) is 2. The second-order valence-electron chi connectivity index (χ2n) is 8.22. The van der Waals surface area contributed by atoms with Crippen molar-refractivity contribution in [3.8, 4) is 0 Å². The summed E-state index contributed by atoms with van der Waals surface area (Å²) in [5.74, 6) is 0.373. The molecule has 4 nitrogen and oxygen atoms in total. The van der Waals surface area contributed by atoms with Gasteiger partial charge in [0.15, 0.2) is 0 Å². The molecule has 0 saturated heterocycles. The minimum Gasteiger partial charge on any atom is -0.385 e. The highest BCUT2D eigenvalue weighted by Crippen LogP contribution is 2.48. The highest BCUT2D eigenvalue weighted by atomic mass is 19.1. The molecule has 1 amide bonds. The zero-order chi connectivity index (χ0) is 21.6. The van der Waals surface area contributed by atoms with E-state index in [4.69, 9.17) is 4.74 Å². The fourth-order valence-corrected chi connectivity index (χ4v) is 4.17. The van der Waals surface area contributed by atoms with Crippen LogP contribution in [-0.2, 0) is 22.6 Å². The quantitative estimate of drug-likeness (QED) is 0.440. The summed E-state index contributed by atoms with van der Waals surface area (Å²) in [5.41, 5.74) is 3.35. The van der Waals surface area contributed by atoms with Crippen molar-refractivity contribution in [3.63, 3.8) is 0 Å². The zero-order valence-electron chi connectivity index (χ0n) is 17.9. The molecule has 31 heavy (non-hydrogen) atoms. The molecule has 3 aromatic rings. The lowest BCUT2D eigenvalue weighted by molar-refractivity contribution is -0.133. The predicted molar refractivity (Wildman–Crippen MR) is 119 cm³/mol. The first kappa shape index (κ1) is 21.3. The van der Waals surface area contributed by atoms with Crippen molar-refractivity contribution in [2.45, 2.75) is 31.8 Å². The zero-order valence-corrected chi connectivity index (χ0v) is 17.9. The molecule has 1 fully saturated rings. The van der Waals surface area contributed by atoms with Gasteiger partial charge in [0.2, 0.25) is 5.91 Å². The lowest BCUT2D eigenvalue weighted by Gasteiger charge is -2.24. The van der Waals surface area contributed by atoms with Gasteiger partial charge in [-0.25, -0.2) is 4.39 Å². The summed E-state index contributed by atoms with van der Waals surface area (Å²) in [6.45, 7) is 2.52. The van der Waals surface area contributed by atoms with Crippen molar-refractivity contribution in [1.29, 1.82) is 0 Å². The molecule has 1 saturated carbocycles. The summed E-state index contributed by atoms with van der Waals surface area (Å²) < 4.78 is 20.6. The molecule has 4 rings (SSSR count). The van der Waals surface area contributed by atoms with Crippen molar-refractivity contribution in [2.75, 3.05) is 20.3 Å². The van der Waals surface area contributed by atoms with Crippen molar-refractivity contribution in [1.82, 2.24) is 9.47 Å². The minimum absolute atomic E-state index is 0.0606. The van der Waals surface area contributed by atoms with Gasteiger partial charge in [0, 0.05) is 44.6 Å². The smallest absolute Gasteiger partial charge is 0.226 e. The van der Waals surface area contributed by atoms with E-state index in [1.54, 1.807) is 19.2 Å². The van der Waals surface area contributed by atoms with Crippen LogP contribution in [0.5, 0.6) is 0 Å². The minimum atomic E-state index is -0.233. The molecule has 2 aromatic carbocycles. The van der Waals surface area contributed by atoms with E-state index in [1.165, 1.54) is 17.7 Å². The third kappa shape index (κ3) is 5.42. The SMILES string of the molecule is COCCCN(Cc1cccn1Cc1ccc(F)cc1)C(=O)C1CC1c1ccccc1. The molecule has 0 bridgehead atoms. The molecule has 0 aliphatic heterocycles. The van der Waals surface area contributed by atoms with E-state index in [9.17, 15) is 9.18 Å². The van der Waals surface area contributed by atoms with Crippen LogP contribution in [0.3, 0.4) is 0 Å². The lowest BCUT2D eigenvalue weighted by atomic mass is 10.1. The molecule has 0 radical (unpaired) electrons. The van der Waals surface area contributed by atoms with Crippen LogP contribution in [0, 0.1) is 11.7 Å². The summed E-state index contributed by atoms with van der Waals surface area (Å²) >= 11 is 0. The van der Waals surface area contributed by atoms with Crippen LogP contribution < -0.4 is 0 Å². The summed E-state index contributed by atoms with van der Waals surface area (Å²) in [6.07, 6.45) is 3.74. The molecule has 5 heteroatoms. The van der Waals surface area contributed by atoms with Gasteiger partial charge < -0.3 is 14.2 Å². The highest BCUT2D eigenvalue weighted by Gasteiger charge is 2.45. The Bertz CT molecular complexity index is 984. The summed E-state index contributed by atoms with van der Waals surface area (Å²) in [7, 11) is 1.69. The molecule has 1 aliphatic rings. The van der Waals surface area contributed by atoms with Crippen LogP contribution in [0.15, 0.2) is 72.9 Å². The Labute approximate surface area is 183 Å². The monoisotopic (exact) mass is 420 g/mol. The van der Waals surface area contributed by atoms with E-state index >= 15 is 0 Å². The summed E-state index contributed by atoms with van der Waals surface area (Å²) in [4.78, 5) is 15.3. The molecular formula is C26H29FN2O2. The number of amides is 1. The van der Waals surface area contributed by atoms with E-state index in [1.807, 2.05) is 35.4 Å². The van der Waals surface area contributed by atoms with Gasteiger partial charge in [-0.3, -0.25) is 4.79 Å². The van der Waals surface area contributed by atoms with Gasteiger partial charge in [0.05, 0.1) is 6.54 Å². The Morgan fingerprint density at radius 3 is 2.61 bits per heavy atom.